The van der Waals surface area contributed by atoms with Gasteiger partial charge >= 0.3 is 0 Å². The number of fused-ring (bicyclic) bond motifs is 5. The maximum atomic E-state index is 14.7. The van der Waals surface area contributed by atoms with E-state index in [0.717, 1.165) is 0 Å². The SMILES string of the molecule is C=C[C@@]12c3ccccc3C(O)c3ccccc3[C@@H]1C2(F)F. The van der Waals surface area contributed by atoms with Crippen LogP contribution >= 0.6 is 0 Å². The maximum absolute atomic E-state index is 14.7. The van der Waals surface area contributed by atoms with E-state index in [9.17, 15) is 13.9 Å². The van der Waals surface area contributed by atoms with Gasteiger partial charge in [-0.3, -0.25) is 0 Å². The normalized spacial score (nSPS) is 31.4. The smallest absolute Gasteiger partial charge is 0.269 e. The number of alkyl halides is 2. The molecule has 4 rings (SSSR count). The lowest BCUT2D eigenvalue weighted by Crippen LogP contribution is -2.17. The molecule has 2 aromatic rings. The molecule has 0 aromatic heterocycles. The summed E-state index contributed by atoms with van der Waals surface area (Å²) in [6.07, 6.45) is 0.475. The van der Waals surface area contributed by atoms with Crippen LogP contribution in [0.2, 0.25) is 0 Å². The van der Waals surface area contributed by atoms with Crippen LogP contribution < -0.4 is 0 Å². The molecule has 0 bridgehead atoms. The number of aliphatic hydroxyl groups excluding tert-OH is 1. The molecule has 0 aliphatic heterocycles. The average Bonchev–Trinajstić information content (AvgIpc) is 3.05. The van der Waals surface area contributed by atoms with E-state index in [1.54, 1.807) is 48.5 Å². The summed E-state index contributed by atoms with van der Waals surface area (Å²) in [5.74, 6) is -3.82. The van der Waals surface area contributed by atoms with E-state index in [-0.39, 0.29) is 0 Å². The summed E-state index contributed by atoms with van der Waals surface area (Å²) in [5.41, 5.74) is 0.710. The van der Waals surface area contributed by atoms with Crippen LogP contribution in [0.25, 0.3) is 0 Å². The number of benzene rings is 2. The van der Waals surface area contributed by atoms with Crippen LogP contribution in [-0.4, -0.2) is 11.0 Å². The summed E-state index contributed by atoms with van der Waals surface area (Å²) in [6.45, 7) is 3.67. The van der Waals surface area contributed by atoms with E-state index >= 15 is 0 Å². The van der Waals surface area contributed by atoms with Crippen molar-refractivity contribution in [2.75, 3.05) is 0 Å². The van der Waals surface area contributed by atoms with Crippen molar-refractivity contribution in [1.82, 2.24) is 0 Å². The molecule has 1 N–H and O–H groups in total. The molecular formula is C18H14F2O. The number of hydrogen-bond donors (Lipinski definition) is 1. The summed E-state index contributed by atoms with van der Waals surface area (Å²) in [4.78, 5) is 0. The predicted octanol–water partition coefficient (Wildman–Crippen LogP) is 3.94. The van der Waals surface area contributed by atoms with Crippen LogP contribution in [0.5, 0.6) is 0 Å². The van der Waals surface area contributed by atoms with Crippen molar-refractivity contribution < 1.29 is 13.9 Å². The van der Waals surface area contributed by atoms with Gasteiger partial charge < -0.3 is 5.11 Å². The van der Waals surface area contributed by atoms with Crippen LogP contribution in [0.3, 0.4) is 0 Å². The molecule has 1 saturated carbocycles. The number of halogens is 2. The van der Waals surface area contributed by atoms with E-state index in [1.165, 1.54) is 6.08 Å². The first-order chi connectivity index (χ1) is 10.1. The first kappa shape index (κ1) is 12.7. The third kappa shape index (κ3) is 1.28. The highest BCUT2D eigenvalue weighted by molar-refractivity contribution is 5.62. The maximum Gasteiger partial charge on any atom is 0.269 e. The first-order valence-corrected chi connectivity index (χ1v) is 6.93. The lowest BCUT2D eigenvalue weighted by molar-refractivity contribution is 0.0906. The van der Waals surface area contributed by atoms with Gasteiger partial charge in [-0.15, -0.1) is 6.58 Å². The second-order valence-corrected chi connectivity index (χ2v) is 5.75. The van der Waals surface area contributed by atoms with Gasteiger partial charge in [0.1, 0.15) is 6.10 Å². The van der Waals surface area contributed by atoms with Gasteiger partial charge in [0.15, 0.2) is 0 Å². The Morgan fingerprint density at radius 1 is 0.952 bits per heavy atom. The van der Waals surface area contributed by atoms with Gasteiger partial charge in [0.05, 0.1) is 11.3 Å². The molecule has 21 heavy (non-hydrogen) atoms. The molecule has 1 fully saturated rings. The minimum atomic E-state index is -2.87. The van der Waals surface area contributed by atoms with Crippen LogP contribution in [0, 0.1) is 0 Å². The summed E-state index contributed by atoms with van der Waals surface area (Å²) >= 11 is 0. The molecular weight excluding hydrogens is 270 g/mol. The Labute approximate surface area is 121 Å². The zero-order chi connectivity index (χ0) is 14.8. The molecule has 2 aliphatic rings. The van der Waals surface area contributed by atoms with Crippen LogP contribution in [0.4, 0.5) is 8.78 Å². The van der Waals surface area contributed by atoms with E-state index in [1.807, 2.05) is 0 Å². The topological polar surface area (TPSA) is 20.2 Å². The van der Waals surface area contributed by atoms with E-state index in [0.29, 0.717) is 22.3 Å². The third-order valence-electron chi connectivity index (χ3n) is 4.91. The van der Waals surface area contributed by atoms with Gasteiger partial charge in [-0.1, -0.05) is 54.6 Å². The van der Waals surface area contributed by atoms with E-state index < -0.39 is 23.4 Å². The number of hydrogen-bond acceptors (Lipinski definition) is 1. The summed E-state index contributed by atoms with van der Waals surface area (Å²) < 4.78 is 29.3. The Balaban J connectivity index is 2.11. The quantitative estimate of drug-likeness (QED) is 0.786. The monoisotopic (exact) mass is 284 g/mol. The molecule has 0 radical (unpaired) electrons. The molecule has 106 valence electrons. The Kier molecular flexibility index (Phi) is 2.30. The van der Waals surface area contributed by atoms with Crippen molar-refractivity contribution in [2.24, 2.45) is 0 Å². The summed E-state index contributed by atoms with van der Waals surface area (Å²) in [5, 5.41) is 10.6. The number of allylic oxidation sites excluding steroid dienone is 1. The van der Waals surface area contributed by atoms with Crippen molar-refractivity contribution >= 4 is 0 Å². The standard InChI is InChI=1S/C18H14F2O/c1-2-17-14-10-6-5-9-13(14)15(21)11-7-3-4-8-12(11)16(17)18(17,19)20/h2-10,15-16,21H,1H2/t15?,16-,17+/m0/s1. The Hall–Kier alpha value is -2.00. The number of aliphatic hydroxyl groups is 1. The van der Waals surface area contributed by atoms with Crippen molar-refractivity contribution in [2.45, 2.75) is 23.4 Å². The molecule has 3 heteroatoms. The summed E-state index contributed by atoms with van der Waals surface area (Å²) in [6, 6.07) is 13.8. The molecule has 2 aromatic carbocycles. The van der Waals surface area contributed by atoms with Crippen LogP contribution in [0.1, 0.15) is 34.3 Å². The van der Waals surface area contributed by atoms with Gasteiger partial charge in [-0.2, -0.15) is 0 Å². The molecule has 0 amide bonds. The van der Waals surface area contributed by atoms with Crippen molar-refractivity contribution in [3.05, 3.63) is 83.4 Å². The molecule has 2 aliphatic carbocycles. The van der Waals surface area contributed by atoms with Crippen molar-refractivity contribution in [1.29, 1.82) is 0 Å². The minimum Gasteiger partial charge on any atom is -0.384 e. The highest BCUT2D eigenvalue weighted by atomic mass is 19.3. The van der Waals surface area contributed by atoms with Crippen molar-refractivity contribution in [3.63, 3.8) is 0 Å². The lowest BCUT2D eigenvalue weighted by atomic mass is 9.88. The predicted molar refractivity (Wildman–Crippen MR) is 76.5 cm³/mol. The average molecular weight is 284 g/mol. The zero-order valence-corrected chi connectivity index (χ0v) is 11.3. The van der Waals surface area contributed by atoms with Gasteiger partial charge in [0.2, 0.25) is 0 Å². The molecule has 1 nitrogen and oxygen atoms in total. The van der Waals surface area contributed by atoms with Gasteiger partial charge in [-0.05, 0) is 22.3 Å². The second kappa shape index (κ2) is 3.80. The third-order valence-corrected chi connectivity index (χ3v) is 4.91. The highest BCUT2D eigenvalue weighted by Crippen LogP contribution is 2.74. The van der Waals surface area contributed by atoms with Gasteiger partial charge in [0, 0.05) is 0 Å². The fourth-order valence-corrected chi connectivity index (χ4v) is 3.87. The van der Waals surface area contributed by atoms with Crippen LogP contribution in [-0.2, 0) is 5.41 Å². The van der Waals surface area contributed by atoms with Crippen LogP contribution in [0.15, 0.2) is 61.2 Å². The Morgan fingerprint density at radius 3 is 2.19 bits per heavy atom. The van der Waals surface area contributed by atoms with Crippen molar-refractivity contribution in [3.8, 4) is 0 Å². The minimum absolute atomic E-state index is 0.485. The Bertz CT molecular complexity index is 752. The molecule has 3 atom stereocenters. The van der Waals surface area contributed by atoms with Gasteiger partial charge in [-0.25, -0.2) is 8.78 Å². The first-order valence-electron chi connectivity index (χ1n) is 6.93. The largest absolute Gasteiger partial charge is 0.384 e. The van der Waals surface area contributed by atoms with Gasteiger partial charge in [0.25, 0.3) is 5.92 Å². The summed E-state index contributed by atoms with van der Waals surface area (Å²) in [7, 11) is 0. The fourth-order valence-electron chi connectivity index (χ4n) is 3.87. The highest BCUT2D eigenvalue weighted by Gasteiger charge is 2.81. The fraction of sp³-hybridized carbons (Fsp3) is 0.222. The lowest BCUT2D eigenvalue weighted by Gasteiger charge is -2.19. The second-order valence-electron chi connectivity index (χ2n) is 5.75. The van der Waals surface area contributed by atoms with E-state index in [4.69, 9.17) is 0 Å². The molecule has 0 saturated heterocycles. The molecule has 1 unspecified atom stereocenters. The van der Waals surface area contributed by atoms with E-state index in [2.05, 4.69) is 6.58 Å². The zero-order valence-electron chi connectivity index (χ0n) is 11.3. The molecule has 0 spiro atoms. The number of rotatable bonds is 1. The molecule has 0 heterocycles. The Morgan fingerprint density at radius 2 is 1.52 bits per heavy atom.